The Morgan fingerprint density at radius 2 is 2.24 bits per heavy atom. The van der Waals surface area contributed by atoms with Gasteiger partial charge in [-0.15, -0.1) is 0 Å². The van der Waals surface area contributed by atoms with Crippen molar-refractivity contribution >= 4 is 0 Å². The van der Waals surface area contributed by atoms with Crippen LogP contribution in [-0.2, 0) is 11.3 Å². The van der Waals surface area contributed by atoms with Crippen LogP contribution in [0.15, 0.2) is 18.3 Å². The van der Waals surface area contributed by atoms with Crippen LogP contribution in [-0.4, -0.2) is 24.7 Å². The van der Waals surface area contributed by atoms with Gasteiger partial charge in [-0.2, -0.15) is 0 Å². The Morgan fingerprint density at radius 1 is 1.41 bits per heavy atom. The second kappa shape index (κ2) is 8.20. The van der Waals surface area contributed by atoms with Gasteiger partial charge in [-0.3, -0.25) is 4.98 Å². The Bertz CT molecular complexity index is 313. The molecule has 0 unspecified atom stereocenters. The van der Waals surface area contributed by atoms with E-state index >= 15 is 0 Å². The van der Waals surface area contributed by atoms with Gasteiger partial charge in [0.2, 0.25) is 0 Å². The first kappa shape index (κ1) is 14.1. The van der Waals surface area contributed by atoms with E-state index in [4.69, 9.17) is 4.74 Å². The molecule has 0 saturated carbocycles. The number of nitrogens with one attached hydrogen (secondary N) is 1. The maximum Gasteiger partial charge on any atom is 0.0570 e. The van der Waals surface area contributed by atoms with Crippen molar-refractivity contribution in [1.29, 1.82) is 0 Å². The molecule has 0 radical (unpaired) electrons. The fraction of sp³-hybridized carbons (Fsp3) is 0.643. The Morgan fingerprint density at radius 3 is 2.94 bits per heavy atom. The third kappa shape index (κ3) is 6.39. The molecule has 0 aliphatic heterocycles. The third-order valence-corrected chi connectivity index (χ3v) is 2.50. The maximum atomic E-state index is 5.52. The van der Waals surface area contributed by atoms with E-state index in [2.05, 4.69) is 37.1 Å². The molecule has 1 heterocycles. The van der Waals surface area contributed by atoms with Gasteiger partial charge in [0.15, 0.2) is 0 Å². The predicted molar refractivity (Wildman–Crippen MR) is 71.0 cm³/mol. The van der Waals surface area contributed by atoms with Gasteiger partial charge >= 0.3 is 0 Å². The lowest BCUT2D eigenvalue weighted by Gasteiger charge is -2.08. The molecular formula is C14H24N2O. The zero-order chi connectivity index (χ0) is 12.5. The van der Waals surface area contributed by atoms with E-state index in [-0.39, 0.29) is 0 Å². The molecule has 0 saturated heterocycles. The second-order valence-corrected chi connectivity index (χ2v) is 4.77. The lowest BCUT2D eigenvalue weighted by molar-refractivity contribution is 0.108. The van der Waals surface area contributed by atoms with Crippen molar-refractivity contribution in [2.45, 2.75) is 33.7 Å². The predicted octanol–water partition coefficient (Wildman–Crippen LogP) is 2.54. The summed E-state index contributed by atoms with van der Waals surface area (Å²) in [4.78, 5) is 4.34. The van der Waals surface area contributed by atoms with E-state index in [1.165, 1.54) is 5.56 Å². The molecule has 3 nitrogen and oxygen atoms in total. The molecule has 0 bridgehead atoms. The zero-order valence-corrected chi connectivity index (χ0v) is 11.2. The molecule has 1 rings (SSSR count). The standard InChI is InChI=1S/C14H24N2O/c1-12(2)11-17-9-5-7-15-10-14-13(3)6-4-8-16-14/h4,6,8,12,15H,5,7,9-11H2,1-3H3. The molecular weight excluding hydrogens is 212 g/mol. The summed E-state index contributed by atoms with van der Waals surface area (Å²) in [5.74, 6) is 0.624. The first-order valence-corrected chi connectivity index (χ1v) is 6.39. The molecule has 0 aliphatic carbocycles. The summed E-state index contributed by atoms with van der Waals surface area (Å²) in [5, 5.41) is 3.39. The number of hydrogen-bond acceptors (Lipinski definition) is 3. The van der Waals surface area contributed by atoms with Crippen molar-refractivity contribution in [3.8, 4) is 0 Å². The highest BCUT2D eigenvalue weighted by Gasteiger charge is 1.98. The van der Waals surface area contributed by atoms with Crippen LogP contribution >= 0.6 is 0 Å². The molecule has 0 aliphatic rings. The fourth-order valence-electron chi connectivity index (χ4n) is 1.53. The summed E-state index contributed by atoms with van der Waals surface area (Å²) in [6.07, 6.45) is 2.90. The van der Waals surface area contributed by atoms with Gasteiger partial charge in [0.1, 0.15) is 0 Å². The zero-order valence-electron chi connectivity index (χ0n) is 11.2. The lowest BCUT2D eigenvalue weighted by atomic mass is 10.2. The first-order valence-electron chi connectivity index (χ1n) is 6.39. The monoisotopic (exact) mass is 236 g/mol. The van der Waals surface area contributed by atoms with Gasteiger partial charge in [0.25, 0.3) is 0 Å². The molecule has 0 spiro atoms. The minimum atomic E-state index is 0.624. The number of aryl methyl sites for hydroxylation is 1. The topological polar surface area (TPSA) is 34.2 Å². The van der Waals surface area contributed by atoms with Crippen molar-refractivity contribution in [3.05, 3.63) is 29.6 Å². The highest BCUT2D eigenvalue weighted by Crippen LogP contribution is 2.02. The molecule has 0 fully saturated rings. The van der Waals surface area contributed by atoms with Gasteiger partial charge in [-0.05, 0) is 37.4 Å². The van der Waals surface area contributed by atoms with Crippen LogP contribution in [0.3, 0.4) is 0 Å². The van der Waals surface area contributed by atoms with Crippen molar-refractivity contribution in [3.63, 3.8) is 0 Å². The van der Waals surface area contributed by atoms with Gasteiger partial charge < -0.3 is 10.1 Å². The molecule has 3 heteroatoms. The smallest absolute Gasteiger partial charge is 0.0570 e. The molecule has 0 aromatic carbocycles. The molecule has 96 valence electrons. The quantitative estimate of drug-likeness (QED) is 0.704. The maximum absolute atomic E-state index is 5.52. The van der Waals surface area contributed by atoms with E-state index in [0.717, 1.165) is 38.4 Å². The van der Waals surface area contributed by atoms with E-state index < -0.39 is 0 Å². The van der Waals surface area contributed by atoms with Crippen LogP contribution in [0.2, 0.25) is 0 Å². The summed E-state index contributed by atoms with van der Waals surface area (Å²) < 4.78 is 5.52. The molecule has 1 N–H and O–H groups in total. The van der Waals surface area contributed by atoms with E-state index in [0.29, 0.717) is 5.92 Å². The Hall–Kier alpha value is -0.930. The van der Waals surface area contributed by atoms with Crippen LogP contribution in [0, 0.1) is 12.8 Å². The van der Waals surface area contributed by atoms with E-state index in [1.807, 2.05) is 12.3 Å². The fourth-order valence-corrected chi connectivity index (χ4v) is 1.53. The lowest BCUT2D eigenvalue weighted by Crippen LogP contribution is -2.18. The van der Waals surface area contributed by atoms with E-state index in [1.54, 1.807) is 0 Å². The first-order chi connectivity index (χ1) is 8.20. The SMILES string of the molecule is Cc1cccnc1CNCCCOCC(C)C. The Balaban J connectivity index is 2.03. The van der Waals surface area contributed by atoms with Gasteiger partial charge in [-0.1, -0.05) is 19.9 Å². The number of hydrogen-bond donors (Lipinski definition) is 1. The van der Waals surface area contributed by atoms with Crippen molar-refractivity contribution in [2.75, 3.05) is 19.8 Å². The number of nitrogens with zero attached hydrogens (tertiary/aromatic N) is 1. The van der Waals surface area contributed by atoms with Crippen LogP contribution in [0.1, 0.15) is 31.5 Å². The minimum Gasteiger partial charge on any atom is -0.381 e. The average Bonchev–Trinajstić information content (AvgIpc) is 2.30. The number of aromatic nitrogens is 1. The molecule has 1 aromatic rings. The molecule has 1 aromatic heterocycles. The van der Waals surface area contributed by atoms with Crippen molar-refractivity contribution in [1.82, 2.24) is 10.3 Å². The van der Waals surface area contributed by atoms with E-state index in [9.17, 15) is 0 Å². The van der Waals surface area contributed by atoms with Gasteiger partial charge in [-0.25, -0.2) is 0 Å². The summed E-state index contributed by atoms with van der Waals surface area (Å²) in [7, 11) is 0. The normalized spacial score (nSPS) is 11.1. The third-order valence-electron chi connectivity index (χ3n) is 2.50. The summed E-state index contributed by atoms with van der Waals surface area (Å²) in [6.45, 7) is 9.96. The highest BCUT2D eigenvalue weighted by molar-refractivity contribution is 5.17. The number of ether oxygens (including phenoxy) is 1. The van der Waals surface area contributed by atoms with Crippen LogP contribution < -0.4 is 5.32 Å². The Kier molecular flexibility index (Phi) is 6.82. The van der Waals surface area contributed by atoms with Crippen LogP contribution in [0.25, 0.3) is 0 Å². The second-order valence-electron chi connectivity index (χ2n) is 4.77. The molecule has 0 atom stereocenters. The number of pyridine rings is 1. The van der Waals surface area contributed by atoms with Gasteiger partial charge in [0, 0.05) is 26.0 Å². The summed E-state index contributed by atoms with van der Waals surface area (Å²) in [6, 6.07) is 4.06. The largest absolute Gasteiger partial charge is 0.381 e. The van der Waals surface area contributed by atoms with Crippen molar-refractivity contribution in [2.24, 2.45) is 5.92 Å². The van der Waals surface area contributed by atoms with Crippen LogP contribution in [0.5, 0.6) is 0 Å². The van der Waals surface area contributed by atoms with Gasteiger partial charge in [0.05, 0.1) is 5.69 Å². The molecule has 0 amide bonds. The van der Waals surface area contributed by atoms with Crippen LogP contribution in [0.4, 0.5) is 0 Å². The summed E-state index contributed by atoms with van der Waals surface area (Å²) >= 11 is 0. The Labute approximate surface area is 105 Å². The average molecular weight is 236 g/mol. The number of rotatable bonds is 8. The molecule has 17 heavy (non-hydrogen) atoms. The van der Waals surface area contributed by atoms with Crippen molar-refractivity contribution < 1.29 is 4.74 Å². The summed E-state index contributed by atoms with van der Waals surface area (Å²) in [5.41, 5.74) is 2.38. The minimum absolute atomic E-state index is 0.624. The highest BCUT2D eigenvalue weighted by atomic mass is 16.5.